The molecule has 0 N–H and O–H groups in total. The van der Waals surface area contributed by atoms with E-state index in [9.17, 15) is 0 Å². The van der Waals surface area contributed by atoms with E-state index in [-0.39, 0.29) is 0 Å². The molecule has 0 bridgehead atoms. The summed E-state index contributed by atoms with van der Waals surface area (Å²) in [6.45, 7) is 1.11. The van der Waals surface area contributed by atoms with Crippen molar-refractivity contribution >= 4 is 0 Å². The summed E-state index contributed by atoms with van der Waals surface area (Å²) in [7, 11) is 6.18. The Bertz CT molecular complexity index is 209. The average molecular weight is 182 g/mol. The minimum absolute atomic E-state index is 1.01. The third kappa shape index (κ3) is 3.99. The van der Waals surface area contributed by atoms with Crippen molar-refractivity contribution in [3.05, 3.63) is 24.4 Å². The standard InChI is InChI=1S/C10H18N2O/c1-11(2)6-4-5-10-9-12(3)7-8-13-10/h7-9H,4-6H2,1-3H3. The fraction of sp³-hybridized carbons (Fsp3) is 0.600. The summed E-state index contributed by atoms with van der Waals surface area (Å²) < 4.78 is 5.35. The fourth-order valence-corrected chi connectivity index (χ4v) is 1.21. The van der Waals surface area contributed by atoms with E-state index in [2.05, 4.69) is 19.0 Å². The Hall–Kier alpha value is -0.960. The average Bonchev–Trinajstić information content (AvgIpc) is 2.03. The maximum atomic E-state index is 5.35. The maximum absolute atomic E-state index is 5.35. The van der Waals surface area contributed by atoms with Crippen LogP contribution in [-0.2, 0) is 4.74 Å². The van der Waals surface area contributed by atoms with Crippen LogP contribution in [0.15, 0.2) is 24.4 Å². The van der Waals surface area contributed by atoms with Crippen LogP contribution in [-0.4, -0.2) is 37.5 Å². The highest BCUT2D eigenvalue weighted by atomic mass is 16.5. The lowest BCUT2D eigenvalue weighted by Crippen LogP contribution is -2.14. The van der Waals surface area contributed by atoms with Crippen molar-refractivity contribution in [1.82, 2.24) is 9.80 Å². The van der Waals surface area contributed by atoms with Gasteiger partial charge in [0, 0.05) is 25.9 Å². The van der Waals surface area contributed by atoms with Crippen LogP contribution in [0.1, 0.15) is 12.8 Å². The van der Waals surface area contributed by atoms with Gasteiger partial charge in [0.2, 0.25) is 0 Å². The summed E-state index contributed by atoms with van der Waals surface area (Å²) in [5, 5.41) is 0. The highest BCUT2D eigenvalue weighted by Gasteiger charge is 2.03. The zero-order valence-corrected chi connectivity index (χ0v) is 8.66. The van der Waals surface area contributed by atoms with Crippen LogP contribution in [0.25, 0.3) is 0 Å². The molecule has 0 aromatic rings. The van der Waals surface area contributed by atoms with Gasteiger partial charge in [0.1, 0.15) is 12.0 Å². The molecule has 0 saturated carbocycles. The lowest BCUT2D eigenvalue weighted by atomic mass is 10.2. The predicted molar refractivity (Wildman–Crippen MR) is 53.9 cm³/mol. The molecule has 74 valence electrons. The Morgan fingerprint density at radius 3 is 2.85 bits per heavy atom. The van der Waals surface area contributed by atoms with Gasteiger partial charge in [-0.3, -0.25) is 0 Å². The molecule has 3 nitrogen and oxygen atoms in total. The van der Waals surface area contributed by atoms with Crippen molar-refractivity contribution in [3.63, 3.8) is 0 Å². The van der Waals surface area contributed by atoms with Gasteiger partial charge in [-0.15, -0.1) is 0 Å². The Kier molecular flexibility index (Phi) is 3.83. The first-order valence-corrected chi connectivity index (χ1v) is 4.59. The molecule has 0 saturated heterocycles. The summed E-state index contributed by atoms with van der Waals surface area (Å²) >= 11 is 0. The van der Waals surface area contributed by atoms with Gasteiger partial charge in [-0.1, -0.05) is 0 Å². The molecule has 13 heavy (non-hydrogen) atoms. The van der Waals surface area contributed by atoms with Crippen molar-refractivity contribution in [2.45, 2.75) is 12.8 Å². The summed E-state index contributed by atoms with van der Waals surface area (Å²) in [4.78, 5) is 4.19. The zero-order chi connectivity index (χ0) is 9.68. The van der Waals surface area contributed by atoms with Gasteiger partial charge in [-0.25, -0.2) is 0 Å². The van der Waals surface area contributed by atoms with E-state index in [1.165, 1.54) is 0 Å². The van der Waals surface area contributed by atoms with E-state index >= 15 is 0 Å². The van der Waals surface area contributed by atoms with Gasteiger partial charge in [0.15, 0.2) is 0 Å². The molecule has 1 rings (SSSR count). The van der Waals surface area contributed by atoms with Crippen LogP contribution < -0.4 is 0 Å². The molecule has 3 heteroatoms. The van der Waals surface area contributed by atoms with Gasteiger partial charge in [0.05, 0.1) is 0 Å². The van der Waals surface area contributed by atoms with E-state index in [1.54, 1.807) is 6.26 Å². The van der Waals surface area contributed by atoms with Crippen LogP contribution in [0.2, 0.25) is 0 Å². The lowest BCUT2D eigenvalue weighted by molar-refractivity contribution is 0.287. The van der Waals surface area contributed by atoms with Crippen molar-refractivity contribution in [2.24, 2.45) is 0 Å². The first kappa shape index (κ1) is 10.1. The molecule has 0 amide bonds. The summed E-state index contributed by atoms with van der Waals surface area (Å²) in [5.74, 6) is 1.05. The molecular weight excluding hydrogens is 164 g/mol. The Morgan fingerprint density at radius 2 is 2.23 bits per heavy atom. The van der Waals surface area contributed by atoms with Crippen molar-refractivity contribution in [3.8, 4) is 0 Å². The van der Waals surface area contributed by atoms with Crippen molar-refractivity contribution in [2.75, 3.05) is 27.7 Å². The summed E-state index contributed by atoms with van der Waals surface area (Å²) in [5.41, 5.74) is 0. The molecule has 1 aliphatic heterocycles. The molecular formula is C10H18N2O. The largest absolute Gasteiger partial charge is 0.466 e. The second kappa shape index (κ2) is 4.92. The van der Waals surface area contributed by atoms with Crippen LogP contribution >= 0.6 is 0 Å². The smallest absolute Gasteiger partial charge is 0.119 e. The SMILES string of the molecule is CN1C=COC(CCCN(C)C)=C1. The highest BCUT2D eigenvalue weighted by molar-refractivity contribution is 5.01. The maximum Gasteiger partial charge on any atom is 0.119 e. The van der Waals surface area contributed by atoms with E-state index in [0.717, 1.165) is 25.1 Å². The number of nitrogens with zero attached hydrogens (tertiary/aromatic N) is 2. The summed E-state index contributed by atoms with van der Waals surface area (Å²) in [6.07, 6.45) is 7.80. The second-order valence-corrected chi connectivity index (χ2v) is 3.57. The number of allylic oxidation sites excluding steroid dienone is 1. The second-order valence-electron chi connectivity index (χ2n) is 3.57. The lowest BCUT2D eigenvalue weighted by Gasteiger charge is -2.17. The first-order chi connectivity index (χ1) is 6.18. The molecule has 0 fully saturated rings. The Labute approximate surface area is 80.3 Å². The fourth-order valence-electron chi connectivity index (χ4n) is 1.21. The zero-order valence-electron chi connectivity index (χ0n) is 8.66. The number of hydrogen-bond acceptors (Lipinski definition) is 3. The molecule has 0 aliphatic carbocycles. The number of ether oxygens (including phenoxy) is 1. The third-order valence-corrected chi connectivity index (χ3v) is 1.89. The van der Waals surface area contributed by atoms with E-state index < -0.39 is 0 Å². The molecule has 0 unspecified atom stereocenters. The van der Waals surface area contributed by atoms with Crippen molar-refractivity contribution < 1.29 is 4.74 Å². The van der Waals surface area contributed by atoms with Crippen molar-refractivity contribution in [1.29, 1.82) is 0 Å². The third-order valence-electron chi connectivity index (χ3n) is 1.89. The summed E-state index contributed by atoms with van der Waals surface area (Å²) in [6, 6.07) is 0. The monoisotopic (exact) mass is 182 g/mol. The van der Waals surface area contributed by atoms with Crippen LogP contribution in [0.5, 0.6) is 0 Å². The Morgan fingerprint density at radius 1 is 1.46 bits per heavy atom. The topological polar surface area (TPSA) is 15.7 Å². The molecule has 0 atom stereocenters. The minimum Gasteiger partial charge on any atom is -0.466 e. The highest BCUT2D eigenvalue weighted by Crippen LogP contribution is 2.12. The number of hydrogen-bond donors (Lipinski definition) is 0. The Balaban J connectivity index is 2.22. The van der Waals surface area contributed by atoms with Gasteiger partial charge < -0.3 is 14.5 Å². The van der Waals surface area contributed by atoms with Crippen LogP contribution in [0, 0.1) is 0 Å². The van der Waals surface area contributed by atoms with Gasteiger partial charge in [-0.05, 0) is 27.1 Å². The molecule has 0 aromatic carbocycles. The molecule has 1 aliphatic rings. The predicted octanol–water partition coefficient (Wildman–Crippen LogP) is 1.60. The minimum atomic E-state index is 1.01. The van der Waals surface area contributed by atoms with Crippen LogP contribution in [0.4, 0.5) is 0 Å². The molecule has 0 radical (unpaired) electrons. The normalized spacial score (nSPS) is 16.0. The quantitative estimate of drug-likeness (QED) is 0.657. The van der Waals surface area contributed by atoms with E-state index in [1.807, 2.05) is 24.3 Å². The molecule has 1 heterocycles. The van der Waals surface area contributed by atoms with Crippen LogP contribution in [0.3, 0.4) is 0 Å². The number of rotatable bonds is 4. The molecule has 0 spiro atoms. The molecule has 0 aromatic heterocycles. The van der Waals surface area contributed by atoms with E-state index in [4.69, 9.17) is 4.74 Å². The van der Waals surface area contributed by atoms with Gasteiger partial charge in [0.25, 0.3) is 0 Å². The van der Waals surface area contributed by atoms with E-state index in [0.29, 0.717) is 0 Å². The van der Waals surface area contributed by atoms with Gasteiger partial charge in [-0.2, -0.15) is 0 Å². The first-order valence-electron chi connectivity index (χ1n) is 4.59. The van der Waals surface area contributed by atoms with Gasteiger partial charge >= 0.3 is 0 Å².